The van der Waals surface area contributed by atoms with Crippen LogP contribution >= 0.6 is 39.1 Å². The topological polar surface area (TPSA) is 162 Å². The van der Waals surface area contributed by atoms with Gasteiger partial charge in [0.1, 0.15) is 23.7 Å². The molecule has 44 heavy (non-hydrogen) atoms. The lowest BCUT2D eigenvalue weighted by molar-refractivity contribution is -0.138. The van der Waals surface area contributed by atoms with Crippen LogP contribution in [-0.4, -0.2) is 78.2 Å². The number of alkyl halides is 3. The zero-order valence-corrected chi connectivity index (χ0v) is 25.9. The first-order chi connectivity index (χ1) is 20.9. The van der Waals surface area contributed by atoms with E-state index in [1.807, 2.05) is 0 Å². The molecule has 3 N–H and O–H groups in total. The van der Waals surface area contributed by atoms with Crippen LogP contribution in [0.2, 0.25) is 0 Å². The van der Waals surface area contributed by atoms with E-state index in [0.29, 0.717) is 16.9 Å². The lowest BCUT2D eigenvalue weighted by atomic mass is 9.56. The number of phenols is 1. The van der Waals surface area contributed by atoms with Crippen LogP contribution in [0.3, 0.4) is 0 Å². The monoisotopic (exact) mass is 706 g/mol. The van der Waals surface area contributed by atoms with Gasteiger partial charge in [0.25, 0.3) is 11.8 Å². The number of nitrogens with zero attached hydrogens (tertiary/aromatic N) is 2. The first-order valence-corrected chi connectivity index (χ1v) is 15.6. The number of hydrogen-bond acceptors (Lipinski definition) is 8. The molecule has 0 unspecified atom stereocenters. The number of carboxylic acid groups (broad SMARTS) is 1. The number of aliphatic hydroxyl groups excluding tert-OH is 1. The van der Waals surface area contributed by atoms with E-state index in [4.69, 9.17) is 27.9 Å². The molecule has 2 saturated heterocycles. The molecule has 6 atom stereocenters. The number of allylic oxidation sites excluding steroid dienone is 2. The Morgan fingerprint density at radius 3 is 2.43 bits per heavy atom. The van der Waals surface area contributed by atoms with Crippen molar-refractivity contribution in [3.05, 3.63) is 65.2 Å². The molecule has 6 rings (SSSR count). The quantitative estimate of drug-likeness (QED) is 0.170. The number of imide groups is 2. The number of anilines is 1. The highest BCUT2D eigenvalue weighted by Gasteiger charge is 2.76. The fourth-order valence-electron chi connectivity index (χ4n) is 7.20. The number of aromatic hydroxyl groups is 1. The van der Waals surface area contributed by atoms with Crippen LogP contribution < -0.4 is 9.64 Å². The number of aliphatic hydroxyl groups is 1. The molecule has 4 amide bonds. The smallest absolute Gasteiger partial charge is 0.339 e. The fourth-order valence-corrected chi connectivity index (χ4v) is 8.62. The summed E-state index contributed by atoms with van der Waals surface area (Å²) in [6.07, 6.45) is 1.67. The van der Waals surface area contributed by atoms with Crippen molar-refractivity contribution in [2.75, 3.05) is 23.6 Å². The second kappa shape index (κ2) is 10.9. The van der Waals surface area contributed by atoms with Crippen LogP contribution in [0.4, 0.5) is 5.69 Å². The van der Waals surface area contributed by atoms with Crippen molar-refractivity contribution < 1.29 is 44.0 Å². The van der Waals surface area contributed by atoms with Crippen molar-refractivity contribution in [1.82, 2.24) is 4.90 Å². The van der Waals surface area contributed by atoms with Crippen molar-refractivity contribution in [2.45, 2.75) is 28.5 Å². The number of para-hydroxylation sites is 1. The Balaban J connectivity index is 1.50. The van der Waals surface area contributed by atoms with Gasteiger partial charge in [0, 0.05) is 17.5 Å². The zero-order valence-electron chi connectivity index (χ0n) is 22.8. The number of carbonyl (C=O) groups excluding carboxylic acids is 4. The molecule has 0 spiro atoms. The van der Waals surface area contributed by atoms with Crippen molar-refractivity contribution in [2.24, 2.45) is 17.8 Å². The maximum absolute atomic E-state index is 14.1. The maximum Gasteiger partial charge on any atom is 0.339 e. The van der Waals surface area contributed by atoms with Crippen molar-refractivity contribution >= 4 is 74.4 Å². The van der Waals surface area contributed by atoms with Gasteiger partial charge in [-0.3, -0.25) is 24.1 Å². The Hall–Kier alpha value is -3.45. The van der Waals surface area contributed by atoms with Crippen LogP contribution in [0.5, 0.6) is 11.5 Å². The summed E-state index contributed by atoms with van der Waals surface area (Å²) in [7, 11) is 0. The van der Waals surface area contributed by atoms with Crippen LogP contribution in [0.25, 0.3) is 0 Å². The molecule has 2 aromatic carbocycles. The van der Waals surface area contributed by atoms with Gasteiger partial charge >= 0.3 is 5.97 Å². The molecule has 11 nitrogen and oxygen atoms in total. The molecular formula is C30H25BrCl2N2O9. The van der Waals surface area contributed by atoms with Crippen molar-refractivity contribution in [3.63, 3.8) is 0 Å². The van der Waals surface area contributed by atoms with E-state index in [1.165, 1.54) is 6.07 Å². The molecule has 0 aromatic heterocycles. The summed E-state index contributed by atoms with van der Waals surface area (Å²) in [6, 6.07) is 10.1. The highest BCUT2D eigenvalue weighted by molar-refractivity contribution is 9.09. The van der Waals surface area contributed by atoms with Crippen LogP contribution in [0, 0.1) is 17.8 Å². The predicted molar refractivity (Wildman–Crippen MR) is 160 cm³/mol. The molecule has 3 fully saturated rings. The Bertz CT molecular complexity index is 1670. The summed E-state index contributed by atoms with van der Waals surface area (Å²) >= 11 is 17.7. The molecule has 4 aliphatic rings. The number of carbonyl (C=O) groups is 5. The number of benzene rings is 2. The van der Waals surface area contributed by atoms with Gasteiger partial charge in [-0.2, -0.15) is 0 Å². The Kier molecular flexibility index (Phi) is 7.55. The average molecular weight is 708 g/mol. The molecule has 14 heteroatoms. The standard InChI is InChI=1S/C30H25BrCl2N2O9/c31-13-34-27(42)29(32)12-19-15(23(30(29,33)28(34)43)17-3-1-2-4-21(17)44-10-9-36)7-8-18-22(19)25(39)35(24(18)38)14-5-6-16(26(40)41)20(37)11-14/h1-7,11,18-19,22-23,36-37H,8-10,12-13H2,(H,40,41)/t18-,19+,22-,23+,29+,30-/m0/s1. The van der Waals surface area contributed by atoms with Crippen LogP contribution in [-0.2, 0) is 19.2 Å². The maximum atomic E-state index is 14.1. The SMILES string of the molecule is O=C(O)c1ccc(N2C(=O)[C@H]3[C@H](CC=C4[C@H]3C[C@@]3(Cl)C(=O)N(CBr)C(=O)[C@@]3(Cl)[C@H]4c3ccccc3OCCO)C2=O)cc1O. The number of aromatic carboxylic acids is 1. The van der Waals surface area contributed by atoms with Gasteiger partial charge in [0.2, 0.25) is 11.8 Å². The average Bonchev–Trinajstić information content (AvgIpc) is 3.33. The number of fused-ring (bicyclic) bond motifs is 4. The van der Waals surface area contributed by atoms with Gasteiger partial charge < -0.3 is 20.1 Å². The summed E-state index contributed by atoms with van der Waals surface area (Å²) in [5, 5.41) is 29.0. The number of ether oxygens (including phenoxy) is 1. The highest BCUT2D eigenvalue weighted by atomic mass is 79.9. The molecule has 0 radical (unpaired) electrons. The van der Waals surface area contributed by atoms with E-state index < -0.39 is 74.3 Å². The van der Waals surface area contributed by atoms with Gasteiger partial charge in [-0.25, -0.2) is 9.69 Å². The van der Waals surface area contributed by atoms with Crippen molar-refractivity contribution in [1.29, 1.82) is 0 Å². The van der Waals surface area contributed by atoms with Gasteiger partial charge in [0.05, 0.1) is 29.6 Å². The number of carboxylic acids is 1. The molecule has 2 aliphatic heterocycles. The summed E-state index contributed by atoms with van der Waals surface area (Å²) in [5.41, 5.74) is 0.422. The first kappa shape index (κ1) is 30.6. The largest absolute Gasteiger partial charge is 0.507 e. The van der Waals surface area contributed by atoms with Gasteiger partial charge in [-0.15, -0.1) is 23.2 Å². The van der Waals surface area contributed by atoms with Gasteiger partial charge in [-0.05, 0) is 37.0 Å². The third-order valence-corrected chi connectivity index (χ3v) is 11.0. The summed E-state index contributed by atoms with van der Waals surface area (Å²) in [4.78, 5) is 64.8. The fraction of sp³-hybridized carbons (Fsp3) is 0.367. The molecule has 2 aliphatic carbocycles. The third-order valence-electron chi connectivity index (χ3n) is 9.06. The Labute approximate surface area is 269 Å². The van der Waals surface area contributed by atoms with E-state index in [2.05, 4.69) is 15.9 Å². The zero-order chi connectivity index (χ0) is 31.7. The molecule has 0 bridgehead atoms. The minimum absolute atomic E-state index is 0.00146. The molecular weight excluding hydrogens is 683 g/mol. The first-order valence-electron chi connectivity index (χ1n) is 13.7. The number of hydrogen-bond donors (Lipinski definition) is 3. The van der Waals surface area contributed by atoms with E-state index in [1.54, 1.807) is 30.3 Å². The number of rotatable bonds is 7. The van der Waals surface area contributed by atoms with Crippen molar-refractivity contribution in [3.8, 4) is 11.5 Å². The minimum Gasteiger partial charge on any atom is -0.507 e. The lowest BCUT2D eigenvalue weighted by Crippen LogP contribution is -2.60. The van der Waals surface area contributed by atoms with E-state index in [-0.39, 0.29) is 37.2 Å². The lowest BCUT2D eigenvalue weighted by Gasteiger charge is -2.51. The molecule has 2 heterocycles. The van der Waals surface area contributed by atoms with E-state index in [0.717, 1.165) is 21.9 Å². The minimum atomic E-state index is -2.02. The van der Waals surface area contributed by atoms with E-state index >= 15 is 0 Å². The second-order valence-corrected chi connectivity index (χ2v) is 12.9. The second-order valence-electron chi connectivity index (χ2n) is 11.1. The number of likely N-dealkylation sites (tertiary alicyclic amines) is 1. The normalized spacial score (nSPS) is 31.0. The number of halogens is 3. The Morgan fingerprint density at radius 1 is 1.05 bits per heavy atom. The van der Waals surface area contributed by atoms with Crippen LogP contribution in [0.15, 0.2) is 54.1 Å². The molecule has 230 valence electrons. The third kappa shape index (κ3) is 4.07. The molecule has 2 aromatic rings. The molecule has 1 saturated carbocycles. The van der Waals surface area contributed by atoms with Gasteiger partial charge in [-0.1, -0.05) is 45.8 Å². The predicted octanol–water partition coefficient (Wildman–Crippen LogP) is 3.38. The van der Waals surface area contributed by atoms with Crippen LogP contribution in [0.1, 0.15) is 34.7 Å². The Morgan fingerprint density at radius 2 is 1.77 bits per heavy atom. The highest BCUT2D eigenvalue weighted by Crippen LogP contribution is 2.66. The summed E-state index contributed by atoms with van der Waals surface area (Å²) in [6.45, 7) is -0.349. The number of amides is 4. The summed E-state index contributed by atoms with van der Waals surface area (Å²) in [5.74, 6) is -7.99. The summed E-state index contributed by atoms with van der Waals surface area (Å²) < 4.78 is 5.81. The van der Waals surface area contributed by atoms with E-state index in [9.17, 15) is 39.3 Å². The van der Waals surface area contributed by atoms with Gasteiger partial charge in [0.15, 0.2) is 9.75 Å².